The molecular weight excluding hydrogens is 392 g/mol. The molecule has 0 atom stereocenters. The van der Waals surface area contributed by atoms with Crippen molar-refractivity contribution in [3.8, 4) is 0 Å². The fourth-order valence-electron chi connectivity index (χ4n) is 5.05. The number of anilines is 2. The molecule has 0 aromatic heterocycles. The van der Waals surface area contributed by atoms with Gasteiger partial charge in [-0.1, -0.05) is 12.1 Å². The highest BCUT2D eigenvalue weighted by Crippen LogP contribution is 2.24. The standard InChI is InChI=1S/C28H42N4/c1-23-19-27(31-15-5-6-16-31)11-9-25(23)21-29-13-3-4-14-30-22-26-10-12-28(20-24(26)2)32-17-7-8-18-32/h9-12,19-20,29-30H,3-8,13-18,21-22H2,1-2H3. The zero-order chi connectivity index (χ0) is 22.2. The summed E-state index contributed by atoms with van der Waals surface area (Å²) in [5.41, 5.74) is 8.48. The first kappa shape index (κ1) is 23.1. The molecule has 32 heavy (non-hydrogen) atoms. The van der Waals surface area contributed by atoms with Crippen molar-refractivity contribution < 1.29 is 0 Å². The van der Waals surface area contributed by atoms with E-state index in [0.29, 0.717) is 0 Å². The Morgan fingerprint density at radius 3 is 1.41 bits per heavy atom. The smallest absolute Gasteiger partial charge is 0.0369 e. The second-order valence-electron chi connectivity index (χ2n) is 9.67. The Labute approximate surface area is 195 Å². The molecule has 2 aromatic rings. The summed E-state index contributed by atoms with van der Waals surface area (Å²) in [7, 11) is 0. The molecule has 2 fully saturated rings. The van der Waals surface area contributed by atoms with E-state index in [1.165, 1.54) is 98.3 Å². The highest BCUT2D eigenvalue weighted by atomic mass is 15.1. The third kappa shape index (κ3) is 6.26. The van der Waals surface area contributed by atoms with E-state index in [-0.39, 0.29) is 0 Å². The molecule has 2 saturated heterocycles. The van der Waals surface area contributed by atoms with Crippen LogP contribution in [0.5, 0.6) is 0 Å². The Bertz CT molecular complexity index is 779. The summed E-state index contributed by atoms with van der Waals surface area (Å²) < 4.78 is 0. The monoisotopic (exact) mass is 434 g/mol. The fourth-order valence-corrected chi connectivity index (χ4v) is 5.05. The first-order valence-corrected chi connectivity index (χ1v) is 12.8. The first-order valence-electron chi connectivity index (χ1n) is 12.8. The Kier molecular flexibility index (Phi) is 8.47. The number of unbranched alkanes of at least 4 members (excludes halogenated alkanes) is 1. The minimum Gasteiger partial charge on any atom is -0.372 e. The van der Waals surface area contributed by atoms with E-state index in [2.05, 4.69) is 70.7 Å². The molecule has 174 valence electrons. The van der Waals surface area contributed by atoms with E-state index in [1.54, 1.807) is 0 Å². The lowest BCUT2D eigenvalue weighted by atomic mass is 10.1. The molecule has 0 bridgehead atoms. The number of aryl methyl sites for hydroxylation is 2. The lowest BCUT2D eigenvalue weighted by Crippen LogP contribution is -2.20. The minimum atomic E-state index is 0.974. The van der Waals surface area contributed by atoms with Gasteiger partial charge in [-0.3, -0.25) is 0 Å². The molecular formula is C28H42N4. The predicted octanol–water partition coefficient (Wildman–Crippen LogP) is 5.16. The molecule has 2 aliphatic heterocycles. The minimum absolute atomic E-state index is 0.974. The van der Waals surface area contributed by atoms with Crippen LogP contribution in [-0.2, 0) is 13.1 Å². The predicted molar refractivity (Wildman–Crippen MR) is 138 cm³/mol. The van der Waals surface area contributed by atoms with Gasteiger partial charge in [-0.15, -0.1) is 0 Å². The average molecular weight is 435 g/mol. The van der Waals surface area contributed by atoms with Crippen molar-refractivity contribution in [2.24, 2.45) is 0 Å². The maximum Gasteiger partial charge on any atom is 0.0369 e. The van der Waals surface area contributed by atoms with Crippen molar-refractivity contribution in [3.05, 3.63) is 58.7 Å². The normalized spacial score (nSPS) is 16.3. The average Bonchev–Trinajstić information content (AvgIpc) is 3.52. The summed E-state index contributed by atoms with van der Waals surface area (Å²) >= 11 is 0. The van der Waals surface area contributed by atoms with Gasteiger partial charge in [-0.05, 0) is 112 Å². The van der Waals surface area contributed by atoms with E-state index in [4.69, 9.17) is 0 Å². The SMILES string of the molecule is Cc1cc(N2CCCC2)ccc1CNCCCCNCc1ccc(N2CCCC2)cc1C. The van der Waals surface area contributed by atoms with Gasteiger partial charge in [0.25, 0.3) is 0 Å². The molecule has 0 amide bonds. The Hall–Kier alpha value is -2.04. The number of nitrogens with one attached hydrogen (secondary N) is 2. The highest BCUT2D eigenvalue weighted by molar-refractivity contribution is 5.52. The maximum atomic E-state index is 3.64. The van der Waals surface area contributed by atoms with Gasteiger partial charge < -0.3 is 20.4 Å². The van der Waals surface area contributed by atoms with Crippen LogP contribution in [-0.4, -0.2) is 39.3 Å². The molecule has 0 unspecified atom stereocenters. The lowest BCUT2D eigenvalue weighted by Gasteiger charge is -2.19. The van der Waals surface area contributed by atoms with Gasteiger partial charge in [-0.25, -0.2) is 0 Å². The number of hydrogen-bond acceptors (Lipinski definition) is 4. The summed E-state index contributed by atoms with van der Waals surface area (Å²) in [4.78, 5) is 5.03. The van der Waals surface area contributed by atoms with E-state index in [0.717, 1.165) is 26.2 Å². The second kappa shape index (κ2) is 11.7. The molecule has 0 saturated carbocycles. The summed E-state index contributed by atoms with van der Waals surface area (Å²) in [6, 6.07) is 14.0. The summed E-state index contributed by atoms with van der Waals surface area (Å²) in [6.45, 7) is 13.5. The van der Waals surface area contributed by atoms with Crippen LogP contribution in [0.15, 0.2) is 36.4 Å². The summed E-state index contributed by atoms with van der Waals surface area (Å²) in [6.07, 6.45) is 7.77. The molecule has 4 heteroatoms. The Balaban J connectivity index is 1.09. The van der Waals surface area contributed by atoms with Crippen LogP contribution in [0.3, 0.4) is 0 Å². The molecule has 2 heterocycles. The topological polar surface area (TPSA) is 30.5 Å². The number of hydrogen-bond donors (Lipinski definition) is 2. The van der Waals surface area contributed by atoms with Crippen molar-refractivity contribution >= 4 is 11.4 Å². The molecule has 0 spiro atoms. The van der Waals surface area contributed by atoms with E-state index < -0.39 is 0 Å². The molecule has 0 aliphatic carbocycles. The van der Waals surface area contributed by atoms with Crippen molar-refractivity contribution in [3.63, 3.8) is 0 Å². The third-order valence-electron chi connectivity index (χ3n) is 7.18. The molecule has 2 aliphatic rings. The van der Waals surface area contributed by atoms with Gasteiger partial charge in [0.1, 0.15) is 0 Å². The van der Waals surface area contributed by atoms with Crippen LogP contribution < -0.4 is 20.4 Å². The van der Waals surface area contributed by atoms with Crippen LogP contribution in [0.25, 0.3) is 0 Å². The largest absolute Gasteiger partial charge is 0.372 e. The van der Waals surface area contributed by atoms with Crippen molar-refractivity contribution in [1.29, 1.82) is 0 Å². The van der Waals surface area contributed by atoms with Crippen LogP contribution in [0, 0.1) is 13.8 Å². The quantitative estimate of drug-likeness (QED) is 0.478. The summed E-state index contributed by atoms with van der Waals surface area (Å²) in [5.74, 6) is 0. The van der Waals surface area contributed by atoms with E-state index in [9.17, 15) is 0 Å². The number of nitrogens with zero attached hydrogens (tertiary/aromatic N) is 2. The van der Waals surface area contributed by atoms with Gasteiger partial charge in [0.2, 0.25) is 0 Å². The first-order chi connectivity index (χ1) is 15.7. The van der Waals surface area contributed by atoms with E-state index >= 15 is 0 Å². The molecule has 2 N–H and O–H groups in total. The van der Waals surface area contributed by atoms with Gasteiger partial charge in [0.15, 0.2) is 0 Å². The van der Waals surface area contributed by atoms with Crippen LogP contribution in [0.1, 0.15) is 60.8 Å². The highest BCUT2D eigenvalue weighted by Gasteiger charge is 2.14. The van der Waals surface area contributed by atoms with Gasteiger partial charge >= 0.3 is 0 Å². The molecule has 4 rings (SSSR count). The maximum absolute atomic E-state index is 3.64. The van der Waals surface area contributed by atoms with Crippen molar-refractivity contribution in [2.75, 3.05) is 49.1 Å². The van der Waals surface area contributed by atoms with Crippen LogP contribution in [0.4, 0.5) is 11.4 Å². The zero-order valence-corrected chi connectivity index (χ0v) is 20.3. The summed E-state index contributed by atoms with van der Waals surface area (Å²) in [5, 5.41) is 7.27. The Morgan fingerprint density at radius 1 is 0.625 bits per heavy atom. The van der Waals surface area contributed by atoms with Gasteiger partial charge in [0.05, 0.1) is 0 Å². The van der Waals surface area contributed by atoms with Crippen molar-refractivity contribution in [2.45, 2.75) is 65.5 Å². The lowest BCUT2D eigenvalue weighted by molar-refractivity contribution is 0.581. The van der Waals surface area contributed by atoms with E-state index in [1.807, 2.05) is 0 Å². The van der Waals surface area contributed by atoms with Crippen LogP contribution in [0.2, 0.25) is 0 Å². The number of rotatable bonds is 11. The zero-order valence-electron chi connectivity index (χ0n) is 20.3. The second-order valence-corrected chi connectivity index (χ2v) is 9.67. The molecule has 2 aromatic carbocycles. The Morgan fingerprint density at radius 2 is 1.03 bits per heavy atom. The molecule has 4 nitrogen and oxygen atoms in total. The van der Waals surface area contributed by atoms with Crippen LogP contribution >= 0.6 is 0 Å². The fraction of sp³-hybridized carbons (Fsp3) is 0.571. The third-order valence-corrected chi connectivity index (χ3v) is 7.18. The number of benzene rings is 2. The van der Waals surface area contributed by atoms with Crippen molar-refractivity contribution in [1.82, 2.24) is 10.6 Å². The van der Waals surface area contributed by atoms with Gasteiger partial charge in [0, 0.05) is 50.6 Å². The van der Waals surface area contributed by atoms with Gasteiger partial charge in [-0.2, -0.15) is 0 Å². The molecule has 0 radical (unpaired) electrons.